The summed E-state index contributed by atoms with van der Waals surface area (Å²) < 4.78 is 5.35. The summed E-state index contributed by atoms with van der Waals surface area (Å²) in [5.41, 5.74) is 7.64. The van der Waals surface area contributed by atoms with Gasteiger partial charge in [0.05, 0.1) is 18.2 Å². The first-order valence-corrected chi connectivity index (χ1v) is 6.78. The SMILES string of the molecule is Nc1cc(C(=O)NC2CCCOC2)nc2ccccc12. The topological polar surface area (TPSA) is 77.2 Å². The quantitative estimate of drug-likeness (QED) is 0.872. The molecular weight excluding hydrogens is 254 g/mol. The zero-order chi connectivity index (χ0) is 13.9. The molecule has 1 atom stereocenters. The van der Waals surface area contributed by atoms with Gasteiger partial charge in [0.1, 0.15) is 5.69 Å². The highest BCUT2D eigenvalue weighted by molar-refractivity contribution is 5.99. The van der Waals surface area contributed by atoms with Crippen LogP contribution in [0, 0.1) is 0 Å². The first-order chi connectivity index (χ1) is 9.74. The lowest BCUT2D eigenvalue weighted by atomic mass is 10.1. The Bertz CT molecular complexity index is 636. The second-order valence-corrected chi connectivity index (χ2v) is 5.00. The number of aromatic nitrogens is 1. The van der Waals surface area contributed by atoms with E-state index in [2.05, 4.69) is 10.3 Å². The summed E-state index contributed by atoms with van der Waals surface area (Å²) in [4.78, 5) is 16.6. The minimum atomic E-state index is -0.196. The second-order valence-electron chi connectivity index (χ2n) is 5.00. The Balaban J connectivity index is 1.84. The number of nitrogens with zero attached hydrogens (tertiary/aromatic N) is 1. The molecule has 0 saturated carbocycles. The van der Waals surface area contributed by atoms with Crippen molar-refractivity contribution in [3.05, 3.63) is 36.0 Å². The summed E-state index contributed by atoms with van der Waals surface area (Å²) in [6, 6.07) is 9.22. The van der Waals surface area contributed by atoms with Crippen LogP contribution in [-0.2, 0) is 4.74 Å². The lowest BCUT2D eigenvalue weighted by Crippen LogP contribution is -2.40. The fourth-order valence-electron chi connectivity index (χ4n) is 2.43. The standard InChI is InChI=1S/C15H17N3O2/c16-12-8-14(18-13-6-2-1-5-11(12)13)15(19)17-10-4-3-7-20-9-10/h1-2,5-6,8,10H,3-4,7,9H2,(H2,16,18)(H,17,19). The van der Waals surface area contributed by atoms with Gasteiger partial charge >= 0.3 is 0 Å². The number of nitrogen functional groups attached to an aromatic ring is 1. The van der Waals surface area contributed by atoms with E-state index >= 15 is 0 Å². The van der Waals surface area contributed by atoms with Crippen LogP contribution in [0.5, 0.6) is 0 Å². The van der Waals surface area contributed by atoms with Gasteiger partial charge in [-0.3, -0.25) is 4.79 Å². The molecule has 1 aromatic carbocycles. The molecule has 104 valence electrons. The smallest absolute Gasteiger partial charge is 0.270 e. The molecule has 1 unspecified atom stereocenters. The normalized spacial score (nSPS) is 18.9. The third-order valence-corrected chi connectivity index (χ3v) is 3.48. The summed E-state index contributed by atoms with van der Waals surface area (Å²) in [6.45, 7) is 1.34. The lowest BCUT2D eigenvalue weighted by Gasteiger charge is -2.23. The molecule has 1 amide bonds. The number of rotatable bonds is 2. The molecule has 3 rings (SSSR count). The molecule has 1 aliphatic rings. The van der Waals surface area contributed by atoms with Gasteiger partial charge in [-0.15, -0.1) is 0 Å². The van der Waals surface area contributed by atoms with Crippen molar-refractivity contribution in [2.24, 2.45) is 0 Å². The maximum absolute atomic E-state index is 12.2. The fraction of sp³-hybridized carbons (Fsp3) is 0.333. The first-order valence-electron chi connectivity index (χ1n) is 6.78. The van der Waals surface area contributed by atoms with E-state index < -0.39 is 0 Å². The van der Waals surface area contributed by atoms with E-state index in [9.17, 15) is 4.79 Å². The maximum Gasteiger partial charge on any atom is 0.270 e. The number of carbonyl (C=O) groups is 1. The van der Waals surface area contributed by atoms with Gasteiger partial charge in [-0.2, -0.15) is 0 Å². The molecule has 0 radical (unpaired) electrons. The molecule has 1 aliphatic heterocycles. The molecule has 1 aromatic heterocycles. The largest absolute Gasteiger partial charge is 0.398 e. The molecular formula is C15H17N3O2. The summed E-state index contributed by atoms with van der Waals surface area (Å²) in [7, 11) is 0. The maximum atomic E-state index is 12.2. The molecule has 2 aromatic rings. The Labute approximate surface area is 117 Å². The van der Waals surface area contributed by atoms with Gasteiger partial charge in [0.2, 0.25) is 0 Å². The molecule has 1 fully saturated rings. The number of para-hydroxylation sites is 1. The highest BCUT2D eigenvalue weighted by atomic mass is 16.5. The Morgan fingerprint density at radius 2 is 2.25 bits per heavy atom. The number of fused-ring (bicyclic) bond motifs is 1. The molecule has 5 nitrogen and oxygen atoms in total. The van der Waals surface area contributed by atoms with Gasteiger partial charge in [-0.25, -0.2) is 4.98 Å². The number of benzene rings is 1. The van der Waals surface area contributed by atoms with Crippen molar-refractivity contribution >= 4 is 22.5 Å². The number of ether oxygens (including phenoxy) is 1. The average Bonchev–Trinajstić information content (AvgIpc) is 2.48. The minimum Gasteiger partial charge on any atom is -0.398 e. The van der Waals surface area contributed by atoms with Gasteiger partial charge in [0.15, 0.2) is 0 Å². The van der Waals surface area contributed by atoms with Crippen LogP contribution < -0.4 is 11.1 Å². The van der Waals surface area contributed by atoms with Crippen molar-refractivity contribution in [2.75, 3.05) is 18.9 Å². The number of hydrogen-bond donors (Lipinski definition) is 2. The average molecular weight is 271 g/mol. The van der Waals surface area contributed by atoms with E-state index in [1.807, 2.05) is 24.3 Å². The van der Waals surface area contributed by atoms with Crippen molar-refractivity contribution in [3.63, 3.8) is 0 Å². The highest BCUT2D eigenvalue weighted by Crippen LogP contribution is 2.20. The monoisotopic (exact) mass is 271 g/mol. The number of carbonyl (C=O) groups excluding carboxylic acids is 1. The van der Waals surface area contributed by atoms with E-state index in [1.54, 1.807) is 6.07 Å². The van der Waals surface area contributed by atoms with Crippen LogP contribution in [0.15, 0.2) is 30.3 Å². The van der Waals surface area contributed by atoms with E-state index in [-0.39, 0.29) is 11.9 Å². The molecule has 1 saturated heterocycles. The number of amides is 1. The fourth-order valence-corrected chi connectivity index (χ4v) is 2.43. The van der Waals surface area contributed by atoms with E-state index in [4.69, 9.17) is 10.5 Å². The van der Waals surface area contributed by atoms with Gasteiger partial charge in [0.25, 0.3) is 5.91 Å². The van der Waals surface area contributed by atoms with Crippen LogP contribution in [0.1, 0.15) is 23.3 Å². The predicted octanol–water partition coefficient (Wildman–Crippen LogP) is 1.73. The first kappa shape index (κ1) is 12.9. The van der Waals surface area contributed by atoms with Gasteiger partial charge in [-0.05, 0) is 25.0 Å². The van der Waals surface area contributed by atoms with Crippen LogP contribution >= 0.6 is 0 Å². The van der Waals surface area contributed by atoms with Crippen LogP contribution in [0.4, 0.5) is 5.69 Å². The van der Waals surface area contributed by atoms with E-state index in [0.29, 0.717) is 18.0 Å². The summed E-state index contributed by atoms with van der Waals surface area (Å²) in [6.07, 6.45) is 1.91. The van der Waals surface area contributed by atoms with Crippen molar-refractivity contribution in [2.45, 2.75) is 18.9 Å². The molecule has 0 aliphatic carbocycles. The third kappa shape index (κ3) is 2.58. The lowest BCUT2D eigenvalue weighted by molar-refractivity contribution is 0.0622. The van der Waals surface area contributed by atoms with Crippen LogP contribution in [0.2, 0.25) is 0 Å². The number of nitrogens with two attached hydrogens (primary N) is 1. The molecule has 0 bridgehead atoms. The Kier molecular flexibility index (Phi) is 3.52. The molecule has 3 N–H and O–H groups in total. The minimum absolute atomic E-state index is 0.0609. The zero-order valence-electron chi connectivity index (χ0n) is 11.1. The van der Waals surface area contributed by atoms with Crippen molar-refractivity contribution in [1.29, 1.82) is 0 Å². The molecule has 20 heavy (non-hydrogen) atoms. The Hall–Kier alpha value is -2.14. The Morgan fingerprint density at radius 3 is 3.05 bits per heavy atom. The molecule has 0 spiro atoms. The van der Waals surface area contributed by atoms with Gasteiger partial charge in [0, 0.05) is 17.7 Å². The number of anilines is 1. The number of nitrogens with one attached hydrogen (secondary N) is 1. The van der Waals surface area contributed by atoms with Gasteiger partial charge < -0.3 is 15.8 Å². The third-order valence-electron chi connectivity index (χ3n) is 3.48. The van der Waals surface area contributed by atoms with E-state index in [0.717, 1.165) is 30.4 Å². The molecule has 2 heterocycles. The van der Waals surface area contributed by atoms with E-state index in [1.165, 1.54) is 0 Å². The Morgan fingerprint density at radius 1 is 1.40 bits per heavy atom. The van der Waals surface area contributed by atoms with Crippen molar-refractivity contribution in [1.82, 2.24) is 10.3 Å². The summed E-state index contributed by atoms with van der Waals surface area (Å²) >= 11 is 0. The summed E-state index contributed by atoms with van der Waals surface area (Å²) in [5.74, 6) is -0.196. The van der Waals surface area contributed by atoms with Crippen LogP contribution in [0.3, 0.4) is 0 Å². The van der Waals surface area contributed by atoms with Crippen molar-refractivity contribution in [3.8, 4) is 0 Å². The molecule has 5 heteroatoms. The van der Waals surface area contributed by atoms with Crippen LogP contribution in [0.25, 0.3) is 10.9 Å². The zero-order valence-corrected chi connectivity index (χ0v) is 11.1. The van der Waals surface area contributed by atoms with Crippen LogP contribution in [-0.4, -0.2) is 30.1 Å². The number of pyridine rings is 1. The van der Waals surface area contributed by atoms with Gasteiger partial charge in [-0.1, -0.05) is 18.2 Å². The number of hydrogen-bond acceptors (Lipinski definition) is 4. The predicted molar refractivity (Wildman–Crippen MR) is 77.5 cm³/mol. The summed E-state index contributed by atoms with van der Waals surface area (Å²) in [5, 5.41) is 3.81. The highest BCUT2D eigenvalue weighted by Gasteiger charge is 2.18. The second kappa shape index (κ2) is 5.46. The van der Waals surface area contributed by atoms with Crippen molar-refractivity contribution < 1.29 is 9.53 Å².